The highest BCUT2D eigenvalue weighted by Crippen LogP contribution is 2.28. The summed E-state index contributed by atoms with van der Waals surface area (Å²) in [6, 6.07) is 13.8. The van der Waals surface area contributed by atoms with E-state index in [1.54, 1.807) is 12.1 Å². The average molecular weight is 341 g/mol. The molecule has 0 aliphatic carbocycles. The van der Waals surface area contributed by atoms with Gasteiger partial charge >= 0.3 is 0 Å². The molecule has 1 aliphatic heterocycles. The predicted octanol–water partition coefficient (Wildman–Crippen LogP) is 3.78. The summed E-state index contributed by atoms with van der Waals surface area (Å²) in [7, 11) is 3.95. The van der Waals surface area contributed by atoms with Crippen LogP contribution in [0.1, 0.15) is 5.56 Å². The average Bonchev–Trinajstić information content (AvgIpc) is 2.87. The normalized spacial score (nSPS) is 17.4. The van der Waals surface area contributed by atoms with Crippen LogP contribution in [0.5, 0.6) is 0 Å². The van der Waals surface area contributed by atoms with Gasteiger partial charge in [0.25, 0.3) is 5.91 Å². The van der Waals surface area contributed by atoms with E-state index in [-0.39, 0.29) is 11.7 Å². The first-order valence-electron chi connectivity index (χ1n) is 7.34. The molecular formula is C18H16FN3OS. The highest BCUT2D eigenvalue weighted by Gasteiger charge is 2.23. The summed E-state index contributed by atoms with van der Waals surface area (Å²) in [4.78, 5) is 18.9. The molecular weight excluding hydrogens is 325 g/mol. The fourth-order valence-electron chi connectivity index (χ4n) is 2.16. The molecule has 0 atom stereocenters. The van der Waals surface area contributed by atoms with Gasteiger partial charge in [0.05, 0.1) is 10.6 Å². The maximum atomic E-state index is 13.2. The van der Waals surface area contributed by atoms with Crippen LogP contribution in [0.25, 0.3) is 6.08 Å². The number of nitrogens with zero attached hydrogens (tertiary/aromatic N) is 2. The van der Waals surface area contributed by atoms with Gasteiger partial charge in [-0.25, -0.2) is 9.38 Å². The number of halogens is 1. The summed E-state index contributed by atoms with van der Waals surface area (Å²) in [5.41, 5.74) is 2.49. The number of hydrogen-bond acceptors (Lipinski definition) is 4. The van der Waals surface area contributed by atoms with E-state index in [9.17, 15) is 9.18 Å². The number of carbonyl (C=O) groups excluding carboxylic acids is 1. The van der Waals surface area contributed by atoms with Crippen molar-refractivity contribution in [2.24, 2.45) is 4.99 Å². The fraction of sp³-hybridized carbons (Fsp3) is 0.111. The summed E-state index contributed by atoms with van der Waals surface area (Å²) < 4.78 is 13.2. The van der Waals surface area contributed by atoms with Gasteiger partial charge in [-0.1, -0.05) is 18.2 Å². The molecule has 0 unspecified atom stereocenters. The zero-order chi connectivity index (χ0) is 17.1. The molecule has 1 fully saturated rings. The van der Waals surface area contributed by atoms with Gasteiger partial charge in [-0.05, 0) is 53.7 Å². The first-order valence-corrected chi connectivity index (χ1v) is 8.15. The Bertz CT molecular complexity index is 828. The van der Waals surface area contributed by atoms with Gasteiger partial charge in [0.2, 0.25) is 0 Å². The molecule has 0 aromatic heterocycles. The van der Waals surface area contributed by atoms with E-state index in [0.717, 1.165) is 11.3 Å². The molecule has 2 aromatic rings. The Balaban J connectivity index is 1.79. The van der Waals surface area contributed by atoms with E-state index in [0.29, 0.717) is 15.8 Å². The van der Waals surface area contributed by atoms with Gasteiger partial charge in [-0.2, -0.15) is 0 Å². The molecule has 3 rings (SSSR count). The third-order valence-electron chi connectivity index (χ3n) is 3.40. The third kappa shape index (κ3) is 3.83. The topological polar surface area (TPSA) is 44.7 Å². The fourth-order valence-corrected chi connectivity index (χ4v) is 3.01. The second-order valence-electron chi connectivity index (χ2n) is 5.45. The second kappa shape index (κ2) is 6.88. The van der Waals surface area contributed by atoms with Crippen LogP contribution in [-0.4, -0.2) is 25.2 Å². The van der Waals surface area contributed by atoms with Crippen molar-refractivity contribution in [2.45, 2.75) is 0 Å². The zero-order valence-corrected chi connectivity index (χ0v) is 14.1. The van der Waals surface area contributed by atoms with Gasteiger partial charge in [0.15, 0.2) is 5.17 Å². The lowest BCUT2D eigenvalue weighted by atomic mass is 10.2. The van der Waals surface area contributed by atoms with Crippen LogP contribution in [0.4, 0.5) is 15.8 Å². The number of amides is 1. The SMILES string of the molecule is CN(C)c1ccc(C=C2SC(=Nc3cccc(F)c3)NC2=O)cc1. The van der Waals surface area contributed by atoms with E-state index in [4.69, 9.17) is 0 Å². The molecule has 0 bridgehead atoms. The Labute approximate surface area is 144 Å². The maximum Gasteiger partial charge on any atom is 0.264 e. The highest BCUT2D eigenvalue weighted by atomic mass is 32.2. The number of amidine groups is 1. The lowest BCUT2D eigenvalue weighted by Crippen LogP contribution is -2.19. The van der Waals surface area contributed by atoms with Gasteiger partial charge in [0.1, 0.15) is 5.82 Å². The van der Waals surface area contributed by atoms with Crippen LogP contribution in [0.2, 0.25) is 0 Å². The predicted molar refractivity (Wildman–Crippen MR) is 98.0 cm³/mol. The van der Waals surface area contributed by atoms with E-state index < -0.39 is 0 Å². The Morgan fingerprint density at radius 3 is 2.58 bits per heavy atom. The molecule has 0 radical (unpaired) electrons. The summed E-state index contributed by atoms with van der Waals surface area (Å²) in [6.45, 7) is 0. The molecule has 0 spiro atoms. The van der Waals surface area contributed by atoms with Crippen molar-refractivity contribution in [2.75, 3.05) is 19.0 Å². The first kappa shape index (κ1) is 16.3. The van der Waals surface area contributed by atoms with Crippen LogP contribution < -0.4 is 10.2 Å². The molecule has 1 amide bonds. The van der Waals surface area contributed by atoms with Crippen molar-refractivity contribution < 1.29 is 9.18 Å². The smallest absolute Gasteiger partial charge is 0.264 e. The standard InChI is InChI=1S/C18H16FN3OS/c1-22(2)15-8-6-12(7-9-15)10-16-17(23)21-18(24-16)20-14-5-3-4-13(19)11-14/h3-11H,1-2H3,(H,20,21,23). The number of thioether (sulfide) groups is 1. The third-order valence-corrected chi connectivity index (χ3v) is 4.31. The summed E-state index contributed by atoms with van der Waals surface area (Å²) in [5.74, 6) is -0.560. The maximum absolute atomic E-state index is 13.2. The van der Waals surface area contributed by atoms with Crippen molar-refractivity contribution in [3.05, 3.63) is 64.8 Å². The minimum Gasteiger partial charge on any atom is -0.378 e. The summed E-state index contributed by atoms with van der Waals surface area (Å²) in [6.07, 6.45) is 1.81. The zero-order valence-electron chi connectivity index (χ0n) is 13.3. The molecule has 6 heteroatoms. The molecule has 24 heavy (non-hydrogen) atoms. The minimum absolute atomic E-state index is 0.202. The monoisotopic (exact) mass is 341 g/mol. The molecule has 2 aromatic carbocycles. The molecule has 1 N–H and O–H groups in total. The number of benzene rings is 2. The number of carbonyl (C=O) groups is 1. The molecule has 4 nitrogen and oxygen atoms in total. The van der Waals surface area contributed by atoms with Gasteiger partial charge in [-0.3, -0.25) is 4.79 Å². The number of anilines is 1. The molecule has 1 saturated heterocycles. The lowest BCUT2D eigenvalue weighted by molar-refractivity contribution is -0.115. The number of rotatable bonds is 3. The van der Waals surface area contributed by atoms with Gasteiger partial charge < -0.3 is 10.2 Å². The van der Waals surface area contributed by atoms with Crippen LogP contribution in [0.3, 0.4) is 0 Å². The summed E-state index contributed by atoms with van der Waals surface area (Å²) >= 11 is 1.24. The Kier molecular flexibility index (Phi) is 4.66. The van der Waals surface area contributed by atoms with Crippen molar-refractivity contribution in [3.8, 4) is 0 Å². The lowest BCUT2D eigenvalue weighted by Gasteiger charge is -2.11. The van der Waals surface area contributed by atoms with Gasteiger partial charge in [-0.15, -0.1) is 0 Å². The second-order valence-corrected chi connectivity index (χ2v) is 6.48. The minimum atomic E-state index is -0.358. The molecule has 1 aliphatic rings. The van der Waals surface area contributed by atoms with Crippen molar-refractivity contribution in [3.63, 3.8) is 0 Å². The van der Waals surface area contributed by atoms with E-state index in [1.165, 1.54) is 23.9 Å². The Morgan fingerprint density at radius 1 is 1.17 bits per heavy atom. The molecule has 0 saturated carbocycles. The highest BCUT2D eigenvalue weighted by molar-refractivity contribution is 8.18. The number of hydrogen-bond donors (Lipinski definition) is 1. The van der Waals surface area contributed by atoms with Crippen molar-refractivity contribution >= 4 is 40.3 Å². The number of nitrogens with one attached hydrogen (secondary N) is 1. The van der Waals surface area contributed by atoms with Crippen LogP contribution in [0, 0.1) is 5.82 Å². The summed E-state index contributed by atoms with van der Waals surface area (Å²) in [5, 5.41) is 3.14. The molecule has 1 heterocycles. The quantitative estimate of drug-likeness (QED) is 0.864. The Morgan fingerprint density at radius 2 is 1.92 bits per heavy atom. The van der Waals surface area contributed by atoms with Crippen LogP contribution in [0.15, 0.2) is 58.4 Å². The van der Waals surface area contributed by atoms with E-state index in [1.807, 2.05) is 49.3 Å². The van der Waals surface area contributed by atoms with Crippen molar-refractivity contribution in [1.82, 2.24) is 5.32 Å². The number of aliphatic imine (C=N–C) groups is 1. The van der Waals surface area contributed by atoms with E-state index >= 15 is 0 Å². The largest absolute Gasteiger partial charge is 0.378 e. The Hall–Kier alpha value is -2.60. The molecule has 122 valence electrons. The van der Waals surface area contributed by atoms with Crippen molar-refractivity contribution in [1.29, 1.82) is 0 Å². The van der Waals surface area contributed by atoms with Crippen LogP contribution in [-0.2, 0) is 4.79 Å². The van der Waals surface area contributed by atoms with Gasteiger partial charge in [0, 0.05) is 19.8 Å². The van der Waals surface area contributed by atoms with E-state index in [2.05, 4.69) is 10.3 Å². The first-order chi connectivity index (χ1) is 11.5. The van der Waals surface area contributed by atoms with Crippen LogP contribution >= 0.6 is 11.8 Å².